The van der Waals surface area contributed by atoms with Crippen LogP contribution in [0.25, 0.3) is 10.8 Å². The highest BCUT2D eigenvalue weighted by atomic mass is 32.2. The summed E-state index contributed by atoms with van der Waals surface area (Å²) < 4.78 is 6.55. The summed E-state index contributed by atoms with van der Waals surface area (Å²) in [5.41, 5.74) is 0. The maximum atomic E-state index is 6.55. The summed E-state index contributed by atoms with van der Waals surface area (Å²) in [5, 5.41) is 2.81. The van der Waals surface area contributed by atoms with E-state index >= 15 is 0 Å². The molecule has 1 aliphatic carbocycles. The predicted octanol–water partition coefficient (Wildman–Crippen LogP) is 5.71. The molecular weight excluding hydrogens is 300 g/mol. The Kier molecular flexibility index (Phi) is 4.80. The molecule has 1 nitrogen and oxygen atoms in total. The average Bonchev–Trinajstić information content (AvgIpc) is 2.63. The first kappa shape index (κ1) is 15.4. The molecule has 0 N–H and O–H groups in total. The summed E-state index contributed by atoms with van der Waals surface area (Å²) in [4.78, 5) is 1.54. The number of fused-ring (bicyclic) bond motifs is 1. The van der Waals surface area contributed by atoms with Crippen LogP contribution in [-0.4, -0.2) is 17.6 Å². The van der Waals surface area contributed by atoms with Crippen LogP contribution < -0.4 is 4.74 Å². The van der Waals surface area contributed by atoms with Crippen LogP contribution in [0.3, 0.4) is 0 Å². The fourth-order valence-electron chi connectivity index (χ4n) is 4.01. The molecule has 122 valence electrons. The van der Waals surface area contributed by atoms with Crippen LogP contribution in [0.1, 0.15) is 51.4 Å². The van der Waals surface area contributed by atoms with Gasteiger partial charge in [0.25, 0.3) is 0 Å². The monoisotopic (exact) mass is 327 g/mol. The van der Waals surface area contributed by atoms with Gasteiger partial charge in [-0.1, -0.05) is 30.7 Å². The molecule has 0 unspecified atom stereocenters. The third kappa shape index (κ3) is 3.38. The first-order valence-electron chi connectivity index (χ1n) is 9.28. The van der Waals surface area contributed by atoms with Crippen LogP contribution in [0.5, 0.6) is 5.75 Å². The Balaban J connectivity index is 1.72. The van der Waals surface area contributed by atoms with E-state index < -0.39 is 0 Å². The standard InChI is InChI=1S/C21H27OS/c1-3-10-18(11-4-1)22-20-14-13-17-9-5-6-12-19(17)21(20)23-15-7-2-8-16-23/h5-6,9,12-14,18H,1-4,7-8,10-11,15-16H2/q+1. The SMILES string of the molecule is c1ccc2c([S+]3CCCCC3)c(OC3CCCCC3)ccc2c1. The molecule has 2 aliphatic rings. The highest BCUT2D eigenvalue weighted by Gasteiger charge is 2.31. The Morgan fingerprint density at radius 2 is 1.52 bits per heavy atom. The van der Waals surface area contributed by atoms with E-state index in [9.17, 15) is 0 Å². The Morgan fingerprint density at radius 1 is 0.783 bits per heavy atom. The van der Waals surface area contributed by atoms with Gasteiger partial charge in [0.2, 0.25) is 4.90 Å². The fraction of sp³-hybridized carbons (Fsp3) is 0.524. The van der Waals surface area contributed by atoms with Gasteiger partial charge in [0.15, 0.2) is 5.75 Å². The predicted molar refractivity (Wildman–Crippen MR) is 101 cm³/mol. The molecular formula is C21H27OS+. The van der Waals surface area contributed by atoms with E-state index in [-0.39, 0.29) is 0 Å². The van der Waals surface area contributed by atoms with Gasteiger partial charge in [-0.15, -0.1) is 0 Å². The molecule has 0 radical (unpaired) electrons. The van der Waals surface area contributed by atoms with Crippen molar-refractivity contribution in [3.8, 4) is 5.75 Å². The van der Waals surface area contributed by atoms with E-state index in [0.717, 1.165) is 0 Å². The molecule has 2 aromatic carbocycles. The van der Waals surface area contributed by atoms with Crippen molar-refractivity contribution >= 4 is 21.7 Å². The van der Waals surface area contributed by atoms with Gasteiger partial charge in [0.1, 0.15) is 11.5 Å². The van der Waals surface area contributed by atoms with Crippen molar-refractivity contribution in [3.63, 3.8) is 0 Å². The lowest BCUT2D eigenvalue weighted by Gasteiger charge is -2.25. The van der Waals surface area contributed by atoms with Crippen molar-refractivity contribution < 1.29 is 4.74 Å². The first-order chi connectivity index (χ1) is 11.4. The third-order valence-electron chi connectivity index (χ3n) is 5.26. The van der Waals surface area contributed by atoms with E-state index in [1.807, 2.05) is 0 Å². The van der Waals surface area contributed by atoms with Crippen molar-refractivity contribution in [2.75, 3.05) is 11.5 Å². The molecule has 4 rings (SSSR count). The molecule has 0 amide bonds. The maximum absolute atomic E-state index is 6.55. The Bertz CT molecular complexity index is 654. The molecule has 2 aromatic rings. The van der Waals surface area contributed by atoms with Crippen LogP contribution in [0.15, 0.2) is 41.3 Å². The van der Waals surface area contributed by atoms with Crippen molar-refractivity contribution in [2.45, 2.75) is 62.4 Å². The van der Waals surface area contributed by atoms with Crippen molar-refractivity contribution in [3.05, 3.63) is 36.4 Å². The van der Waals surface area contributed by atoms with Crippen LogP contribution >= 0.6 is 0 Å². The minimum absolute atomic E-state index is 0.377. The molecule has 1 aliphatic heterocycles. The van der Waals surface area contributed by atoms with Gasteiger partial charge >= 0.3 is 0 Å². The lowest BCUT2D eigenvalue weighted by atomic mass is 9.98. The molecule has 2 heteroatoms. The zero-order valence-electron chi connectivity index (χ0n) is 13.9. The average molecular weight is 328 g/mol. The van der Waals surface area contributed by atoms with E-state index in [1.165, 1.54) is 84.3 Å². The number of hydrogen-bond acceptors (Lipinski definition) is 1. The molecule has 1 saturated carbocycles. The minimum Gasteiger partial charge on any atom is -0.485 e. The Labute approximate surface area is 142 Å². The molecule has 0 atom stereocenters. The van der Waals surface area contributed by atoms with Gasteiger partial charge in [-0.2, -0.15) is 0 Å². The third-order valence-corrected chi connectivity index (χ3v) is 7.82. The van der Waals surface area contributed by atoms with Gasteiger partial charge in [-0.3, -0.25) is 0 Å². The van der Waals surface area contributed by atoms with E-state index in [2.05, 4.69) is 36.4 Å². The topological polar surface area (TPSA) is 9.23 Å². The van der Waals surface area contributed by atoms with Crippen LogP contribution in [0, 0.1) is 0 Å². The quantitative estimate of drug-likeness (QED) is 0.656. The molecule has 23 heavy (non-hydrogen) atoms. The van der Waals surface area contributed by atoms with Gasteiger partial charge in [-0.25, -0.2) is 0 Å². The molecule has 2 fully saturated rings. The van der Waals surface area contributed by atoms with Crippen molar-refractivity contribution in [1.29, 1.82) is 0 Å². The van der Waals surface area contributed by atoms with Crippen LogP contribution in [0.2, 0.25) is 0 Å². The second kappa shape index (κ2) is 7.17. The van der Waals surface area contributed by atoms with E-state index in [0.29, 0.717) is 17.0 Å². The van der Waals surface area contributed by atoms with Gasteiger partial charge < -0.3 is 4.74 Å². The smallest absolute Gasteiger partial charge is 0.204 e. The van der Waals surface area contributed by atoms with E-state index in [4.69, 9.17) is 4.74 Å². The zero-order valence-corrected chi connectivity index (χ0v) is 14.7. The zero-order chi connectivity index (χ0) is 15.5. The van der Waals surface area contributed by atoms with Gasteiger partial charge in [0, 0.05) is 16.3 Å². The summed E-state index contributed by atoms with van der Waals surface area (Å²) in [7, 11) is 0.377. The highest BCUT2D eigenvalue weighted by molar-refractivity contribution is 7.97. The van der Waals surface area contributed by atoms with Gasteiger partial charge in [0.05, 0.1) is 6.10 Å². The van der Waals surface area contributed by atoms with Crippen molar-refractivity contribution in [1.82, 2.24) is 0 Å². The molecule has 1 saturated heterocycles. The van der Waals surface area contributed by atoms with Crippen LogP contribution in [-0.2, 0) is 10.9 Å². The largest absolute Gasteiger partial charge is 0.485 e. The number of hydrogen-bond donors (Lipinski definition) is 0. The number of rotatable bonds is 3. The normalized spacial score (nSPS) is 20.7. The first-order valence-corrected chi connectivity index (χ1v) is 10.8. The molecule has 1 heterocycles. The molecule has 0 bridgehead atoms. The van der Waals surface area contributed by atoms with E-state index in [1.54, 1.807) is 0 Å². The summed E-state index contributed by atoms with van der Waals surface area (Å²) in [6.45, 7) is 0. The van der Waals surface area contributed by atoms with Crippen molar-refractivity contribution in [2.24, 2.45) is 0 Å². The second-order valence-corrected chi connectivity index (χ2v) is 9.16. The summed E-state index contributed by atoms with van der Waals surface area (Å²) in [6.07, 6.45) is 11.1. The van der Waals surface area contributed by atoms with Gasteiger partial charge in [-0.05, 0) is 62.5 Å². The summed E-state index contributed by atoms with van der Waals surface area (Å²) in [6, 6.07) is 13.4. The lowest BCUT2D eigenvalue weighted by Crippen LogP contribution is -2.23. The summed E-state index contributed by atoms with van der Waals surface area (Å²) in [5.74, 6) is 3.91. The molecule has 0 spiro atoms. The van der Waals surface area contributed by atoms with Crippen LogP contribution in [0.4, 0.5) is 0 Å². The minimum atomic E-state index is 0.377. The number of ether oxygens (including phenoxy) is 1. The number of benzene rings is 2. The fourth-order valence-corrected chi connectivity index (χ4v) is 6.63. The lowest BCUT2D eigenvalue weighted by molar-refractivity contribution is 0.151. The maximum Gasteiger partial charge on any atom is 0.204 e. The Hall–Kier alpha value is -1.15. The second-order valence-electron chi connectivity index (χ2n) is 6.95. The summed E-state index contributed by atoms with van der Waals surface area (Å²) >= 11 is 0. The molecule has 0 aromatic heterocycles. The highest BCUT2D eigenvalue weighted by Crippen LogP contribution is 2.38. The Morgan fingerprint density at radius 3 is 2.35 bits per heavy atom.